The zero-order valence-corrected chi connectivity index (χ0v) is 14.2. The van der Waals surface area contributed by atoms with Crippen LogP contribution in [0.4, 0.5) is 0 Å². The lowest BCUT2D eigenvalue weighted by molar-refractivity contribution is 0.421. The molecule has 7 nitrogen and oxygen atoms in total. The smallest absolute Gasteiger partial charge is 0.248 e. The van der Waals surface area contributed by atoms with Gasteiger partial charge in [-0.15, -0.1) is 0 Å². The SMILES string of the molecule is O=S1(=O)CCN(S(=O)(=O)c2cnc3ccc(Cl)cc3c2O)CC1. The third-order valence-corrected chi connectivity index (χ3v) is 7.43. The van der Waals surface area contributed by atoms with Gasteiger partial charge in [0.25, 0.3) is 0 Å². The molecule has 3 rings (SSSR count). The van der Waals surface area contributed by atoms with Gasteiger partial charge in [-0.05, 0) is 18.2 Å². The molecular weight excluding hydrogens is 364 g/mol. The molecule has 0 radical (unpaired) electrons. The fourth-order valence-corrected chi connectivity index (χ4v) is 5.48. The Kier molecular flexibility index (Phi) is 3.99. The van der Waals surface area contributed by atoms with Crippen molar-refractivity contribution >= 4 is 42.4 Å². The number of hydrogen-bond acceptors (Lipinski definition) is 6. The maximum Gasteiger partial charge on any atom is 0.248 e. The standard InChI is InChI=1S/C13H13ClN2O5S2/c14-9-1-2-11-10(7-9)13(17)12(8-15-11)23(20,21)16-3-5-22(18,19)6-4-16/h1-2,7-8H,3-6H2,(H,15,17). The lowest BCUT2D eigenvalue weighted by atomic mass is 10.2. The van der Waals surface area contributed by atoms with Crippen LogP contribution >= 0.6 is 11.6 Å². The number of halogens is 1. The van der Waals surface area contributed by atoms with Gasteiger partial charge in [-0.2, -0.15) is 4.31 Å². The summed E-state index contributed by atoms with van der Waals surface area (Å²) in [5, 5.41) is 10.9. The number of pyridine rings is 1. The number of fused-ring (bicyclic) bond motifs is 1. The summed E-state index contributed by atoms with van der Waals surface area (Å²) in [4.78, 5) is 3.68. The lowest BCUT2D eigenvalue weighted by Crippen LogP contribution is -2.43. The zero-order chi connectivity index (χ0) is 16.8. The second-order valence-electron chi connectivity index (χ2n) is 5.19. The van der Waals surface area contributed by atoms with E-state index in [1.54, 1.807) is 12.1 Å². The van der Waals surface area contributed by atoms with E-state index in [-0.39, 0.29) is 34.9 Å². The number of aromatic nitrogens is 1. The molecule has 0 unspecified atom stereocenters. The van der Waals surface area contributed by atoms with Crippen LogP contribution in [0.5, 0.6) is 5.75 Å². The molecule has 1 aromatic heterocycles. The Balaban J connectivity index is 2.07. The second-order valence-corrected chi connectivity index (χ2v) is 9.83. The Morgan fingerprint density at radius 2 is 1.87 bits per heavy atom. The van der Waals surface area contributed by atoms with Gasteiger partial charge in [-0.25, -0.2) is 16.8 Å². The largest absolute Gasteiger partial charge is 0.506 e. The van der Waals surface area contributed by atoms with Gasteiger partial charge in [0.2, 0.25) is 10.0 Å². The monoisotopic (exact) mass is 376 g/mol. The molecule has 23 heavy (non-hydrogen) atoms. The van der Waals surface area contributed by atoms with Crippen molar-refractivity contribution in [2.75, 3.05) is 24.6 Å². The molecule has 1 aliphatic heterocycles. The highest BCUT2D eigenvalue weighted by Gasteiger charge is 2.33. The van der Waals surface area contributed by atoms with E-state index in [0.717, 1.165) is 10.5 Å². The van der Waals surface area contributed by atoms with Gasteiger partial charge in [0, 0.05) is 23.5 Å². The quantitative estimate of drug-likeness (QED) is 0.838. The summed E-state index contributed by atoms with van der Waals surface area (Å²) in [5.41, 5.74) is 0.409. The summed E-state index contributed by atoms with van der Waals surface area (Å²) in [6.45, 7) is -0.282. The first-order valence-electron chi connectivity index (χ1n) is 6.68. The minimum Gasteiger partial charge on any atom is -0.506 e. The van der Waals surface area contributed by atoms with E-state index >= 15 is 0 Å². The number of sulfonamides is 1. The number of benzene rings is 1. The van der Waals surface area contributed by atoms with Gasteiger partial charge in [-0.3, -0.25) is 4.98 Å². The first-order chi connectivity index (χ1) is 10.7. The van der Waals surface area contributed by atoms with Crippen molar-refractivity contribution in [3.63, 3.8) is 0 Å². The van der Waals surface area contributed by atoms with Crippen molar-refractivity contribution in [1.29, 1.82) is 0 Å². The van der Waals surface area contributed by atoms with Gasteiger partial charge < -0.3 is 5.11 Å². The van der Waals surface area contributed by atoms with Crippen LogP contribution in [-0.2, 0) is 19.9 Å². The first-order valence-corrected chi connectivity index (χ1v) is 10.3. The molecule has 0 saturated carbocycles. The highest BCUT2D eigenvalue weighted by Crippen LogP contribution is 2.33. The summed E-state index contributed by atoms with van der Waals surface area (Å²) in [5.74, 6) is -0.912. The summed E-state index contributed by atoms with van der Waals surface area (Å²) in [6, 6.07) is 4.58. The molecule has 1 aliphatic rings. The molecule has 0 amide bonds. The number of hydrogen-bond donors (Lipinski definition) is 1. The maximum atomic E-state index is 12.6. The van der Waals surface area contributed by atoms with Gasteiger partial charge >= 0.3 is 0 Å². The number of sulfone groups is 1. The summed E-state index contributed by atoms with van der Waals surface area (Å²) in [7, 11) is -7.24. The van der Waals surface area contributed by atoms with Crippen molar-refractivity contribution in [3.05, 3.63) is 29.4 Å². The van der Waals surface area contributed by atoms with Crippen molar-refractivity contribution in [2.24, 2.45) is 0 Å². The molecular formula is C13H13ClN2O5S2. The van der Waals surface area contributed by atoms with E-state index in [9.17, 15) is 21.9 Å². The molecule has 1 saturated heterocycles. The average Bonchev–Trinajstić information content (AvgIpc) is 2.47. The fourth-order valence-electron chi connectivity index (χ4n) is 2.40. The van der Waals surface area contributed by atoms with Gasteiger partial charge in [0.05, 0.1) is 23.2 Å². The topological polar surface area (TPSA) is 105 Å². The Morgan fingerprint density at radius 3 is 2.52 bits per heavy atom. The Labute approximate surface area is 138 Å². The first kappa shape index (κ1) is 16.4. The van der Waals surface area contributed by atoms with Crippen molar-refractivity contribution < 1.29 is 21.9 Å². The molecule has 1 N–H and O–H groups in total. The lowest BCUT2D eigenvalue weighted by Gasteiger charge is -2.26. The molecule has 0 aliphatic carbocycles. The molecule has 2 aromatic rings. The van der Waals surface area contributed by atoms with Crippen LogP contribution in [0.1, 0.15) is 0 Å². The molecule has 124 valence electrons. The van der Waals surface area contributed by atoms with E-state index in [1.807, 2.05) is 0 Å². The van der Waals surface area contributed by atoms with E-state index in [4.69, 9.17) is 11.6 Å². The number of aromatic hydroxyl groups is 1. The maximum absolute atomic E-state index is 12.6. The third kappa shape index (κ3) is 3.01. The van der Waals surface area contributed by atoms with E-state index < -0.39 is 25.6 Å². The molecule has 1 aromatic carbocycles. The van der Waals surface area contributed by atoms with Crippen LogP contribution in [0, 0.1) is 0 Å². The minimum atomic E-state index is -4.03. The van der Waals surface area contributed by atoms with E-state index in [2.05, 4.69) is 4.98 Å². The van der Waals surface area contributed by atoms with E-state index in [0.29, 0.717) is 10.5 Å². The predicted octanol–water partition coefficient (Wildman–Crippen LogP) is 1.01. The van der Waals surface area contributed by atoms with Crippen LogP contribution in [-0.4, -0.2) is 55.8 Å². The number of rotatable bonds is 2. The summed E-state index contributed by atoms with van der Waals surface area (Å²) >= 11 is 5.87. The van der Waals surface area contributed by atoms with Crippen LogP contribution in [0.25, 0.3) is 10.9 Å². The molecule has 10 heteroatoms. The Hall–Kier alpha value is -1.42. The van der Waals surface area contributed by atoms with Gasteiger partial charge in [-0.1, -0.05) is 11.6 Å². The predicted molar refractivity (Wildman–Crippen MR) is 85.8 cm³/mol. The zero-order valence-electron chi connectivity index (χ0n) is 11.8. The normalized spacial score (nSPS) is 19.0. The van der Waals surface area contributed by atoms with E-state index in [1.165, 1.54) is 6.07 Å². The van der Waals surface area contributed by atoms with Gasteiger partial charge in [0.15, 0.2) is 9.84 Å². The highest BCUT2D eigenvalue weighted by molar-refractivity contribution is 7.92. The van der Waals surface area contributed by atoms with Crippen LogP contribution in [0.3, 0.4) is 0 Å². The Morgan fingerprint density at radius 1 is 1.22 bits per heavy atom. The average molecular weight is 377 g/mol. The van der Waals surface area contributed by atoms with Crippen LogP contribution in [0.2, 0.25) is 5.02 Å². The fraction of sp³-hybridized carbons (Fsp3) is 0.308. The third-order valence-electron chi connectivity index (χ3n) is 3.69. The second kappa shape index (κ2) is 5.59. The number of nitrogens with zero attached hydrogens (tertiary/aromatic N) is 2. The van der Waals surface area contributed by atoms with Crippen LogP contribution < -0.4 is 0 Å². The Bertz CT molecular complexity index is 975. The van der Waals surface area contributed by atoms with Gasteiger partial charge in [0.1, 0.15) is 10.6 Å². The molecule has 1 fully saturated rings. The van der Waals surface area contributed by atoms with Crippen LogP contribution in [0.15, 0.2) is 29.3 Å². The van der Waals surface area contributed by atoms with Crippen molar-refractivity contribution in [2.45, 2.75) is 4.90 Å². The molecule has 2 heterocycles. The minimum absolute atomic E-state index is 0.141. The van der Waals surface area contributed by atoms with Crippen molar-refractivity contribution in [3.8, 4) is 5.75 Å². The summed E-state index contributed by atoms with van der Waals surface area (Å²) < 4.78 is 49.2. The molecule has 0 spiro atoms. The highest BCUT2D eigenvalue weighted by atomic mass is 35.5. The summed E-state index contributed by atoms with van der Waals surface area (Å²) in [6.07, 6.45) is 1.07. The molecule has 0 bridgehead atoms. The molecule has 0 atom stereocenters. The van der Waals surface area contributed by atoms with Crippen molar-refractivity contribution in [1.82, 2.24) is 9.29 Å².